The number of para-hydroxylation sites is 1. The van der Waals surface area contributed by atoms with Crippen molar-refractivity contribution in [3.05, 3.63) is 46.8 Å². The van der Waals surface area contributed by atoms with Gasteiger partial charge in [-0.1, -0.05) is 25.1 Å². The minimum absolute atomic E-state index is 0.111. The molecule has 0 aliphatic carbocycles. The van der Waals surface area contributed by atoms with Gasteiger partial charge in [0.15, 0.2) is 0 Å². The standard InChI is InChI=1S/C15H17N3O3/c1-2-6-13-16-18(15(20)21-13)12-9-10-17(14(12)19)11-7-4-3-5-8-11/h3-5,7-8,12H,2,6,9-10H2,1H3/t12-/m0/s1. The third kappa shape index (κ3) is 2.49. The zero-order valence-corrected chi connectivity index (χ0v) is 11.9. The molecule has 0 saturated carbocycles. The molecule has 1 aliphatic rings. The molecule has 1 aromatic carbocycles. The van der Waals surface area contributed by atoms with Gasteiger partial charge in [0.05, 0.1) is 0 Å². The van der Waals surface area contributed by atoms with Gasteiger partial charge < -0.3 is 9.32 Å². The Morgan fingerprint density at radius 2 is 2.05 bits per heavy atom. The molecule has 1 fully saturated rings. The van der Waals surface area contributed by atoms with E-state index >= 15 is 0 Å². The van der Waals surface area contributed by atoms with Gasteiger partial charge in [0.2, 0.25) is 5.89 Å². The Bertz CT molecular complexity index is 690. The number of carbonyl (C=O) groups excluding carboxylic acids is 1. The summed E-state index contributed by atoms with van der Waals surface area (Å²) in [6.45, 7) is 2.56. The van der Waals surface area contributed by atoms with Crippen molar-refractivity contribution in [3.63, 3.8) is 0 Å². The van der Waals surface area contributed by atoms with Crippen molar-refractivity contribution in [1.82, 2.24) is 9.78 Å². The SMILES string of the molecule is CCCc1nn([C@H]2CCN(c3ccccc3)C2=O)c(=O)o1. The smallest absolute Gasteiger partial charge is 0.392 e. The Hall–Kier alpha value is -2.37. The highest BCUT2D eigenvalue weighted by molar-refractivity contribution is 5.98. The number of nitrogens with zero attached hydrogens (tertiary/aromatic N) is 3. The van der Waals surface area contributed by atoms with Gasteiger partial charge >= 0.3 is 5.76 Å². The molecular formula is C15H17N3O3. The first-order chi connectivity index (χ1) is 10.2. The van der Waals surface area contributed by atoms with Crippen molar-refractivity contribution < 1.29 is 9.21 Å². The lowest BCUT2D eigenvalue weighted by molar-refractivity contribution is -0.120. The van der Waals surface area contributed by atoms with E-state index in [1.54, 1.807) is 4.90 Å². The van der Waals surface area contributed by atoms with E-state index in [1.807, 2.05) is 37.3 Å². The van der Waals surface area contributed by atoms with Gasteiger partial charge in [-0.3, -0.25) is 4.79 Å². The molecule has 0 N–H and O–H groups in total. The summed E-state index contributed by atoms with van der Waals surface area (Å²) < 4.78 is 6.27. The van der Waals surface area contributed by atoms with Crippen LogP contribution in [0.4, 0.5) is 5.69 Å². The fourth-order valence-corrected chi connectivity index (χ4v) is 2.60. The largest absolute Gasteiger partial charge is 0.437 e. The molecule has 3 rings (SSSR count). The Kier molecular flexibility index (Phi) is 3.60. The summed E-state index contributed by atoms with van der Waals surface area (Å²) in [6.07, 6.45) is 2.01. The maximum Gasteiger partial charge on any atom is 0.437 e. The van der Waals surface area contributed by atoms with E-state index in [0.29, 0.717) is 25.3 Å². The molecule has 0 radical (unpaired) electrons. The number of rotatable bonds is 4. The highest BCUT2D eigenvalue weighted by Gasteiger charge is 2.36. The monoisotopic (exact) mass is 287 g/mol. The number of hydrogen-bond donors (Lipinski definition) is 0. The second kappa shape index (κ2) is 5.55. The van der Waals surface area contributed by atoms with Crippen molar-refractivity contribution in [3.8, 4) is 0 Å². The summed E-state index contributed by atoms with van der Waals surface area (Å²) in [7, 11) is 0. The summed E-state index contributed by atoms with van der Waals surface area (Å²) in [6, 6.07) is 8.88. The van der Waals surface area contributed by atoms with Crippen LogP contribution in [-0.2, 0) is 11.2 Å². The van der Waals surface area contributed by atoms with Crippen LogP contribution in [0.15, 0.2) is 39.5 Å². The van der Waals surface area contributed by atoms with Crippen molar-refractivity contribution in [2.75, 3.05) is 11.4 Å². The normalized spacial score (nSPS) is 18.4. The summed E-state index contributed by atoms with van der Waals surface area (Å²) in [5, 5.41) is 4.15. The van der Waals surface area contributed by atoms with Gasteiger partial charge in [-0.05, 0) is 25.0 Å². The summed E-state index contributed by atoms with van der Waals surface area (Å²) in [5.74, 6) is -0.264. The van der Waals surface area contributed by atoms with E-state index < -0.39 is 11.8 Å². The zero-order valence-electron chi connectivity index (χ0n) is 11.9. The Morgan fingerprint density at radius 3 is 2.76 bits per heavy atom. The molecule has 2 aromatic rings. The van der Waals surface area contributed by atoms with Crippen molar-refractivity contribution in [2.45, 2.75) is 32.2 Å². The fourth-order valence-electron chi connectivity index (χ4n) is 2.60. The molecule has 0 bridgehead atoms. The van der Waals surface area contributed by atoms with Crippen LogP contribution in [0.3, 0.4) is 0 Å². The average Bonchev–Trinajstić information content (AvgIpc) is 3.03. The number of hydrogen-bond acceptors (Lipinski definition) is 4. The lowest BCUT2D eigenvalue weighted by atomic mass is 10.2. The number of benzene rings is 1. The maximum atomic E-state index is 12.5. The van der Waals surface area contributed by atoms with E-state index in [-0.39, 0.29) is 5.91 Å². The quantitative estimate of drug-likeness (QED) is 0.859. The lowest BCUT2D eigenvalue weighted by Crippen LogP contribution is -2.31. The van der Waals surface area contributed by atoms with Crippen LogP contribution in [0.5, 0.6) is 0 Å². The zero-order chi connectivity index (χ0) is 14.8. The first-order valence-electron chi connectivity index (χ1n) is 7.15. The van der Waals surface area contributed by atoms with Crippen LogP contribution < -0.4 is 10.7 Å². The van der Waals surface area contributed by atoms with Gasteiger partial charge in [0, 0.05) is 18.7 Å². The van der Waals surface area contributed by atoms with Crippen LogP contribution in [0.25, 0.3) is 0 Å². The predicted molar refractivity (Wildman–Crippen MR) is 77.2 cm³/mol. The molecule has 1 saturated heterocycles. The van der Waals surface area contributed by atoms with E-state index in [0.717, 1.165) is 12.1 Å². The second-order valence-corrected chi connectivity index (χ2v) is 5.09. The Balaban J connectivity index is 1.85. The molecule has 0 unspecified atom stereocenters. The van der Waals surface area contributed by atoms with Crippen molar-refractivity contribution in [2.24, 2.45) is 0 Å². The van der Waals surface area contributed by atoms with Gasteiger partial charge in [0.1, 0.15) is 6.04 Å². The molecule has 21 heavy (non-hydrogen) atoms. The first kappa shape index (κ1) is 13.6. The topological polar surface area (TPSA) is 68.3 Å². The van der Waals surface area contributed by atoms with E-state index in [2.05, 4.69) is 5.10 Å². The van der Waals surface area contributed by atoms with Crippen LogP contribution in [0.2, 0.25) is 0 Å². The van der Waals surface area contributed by atoms with Gasteiger partial charge in [0.25, 0.3) is 5.91 Å². The number of carbonyl (C=O) groups is 1. The minimum atomic E-state index is -0.563. The molecule has 1 aliphatic heterocycles. The van der Waals surface area contributed by atoms with Crippen molar-refractivity contribution in [1.29, 1.82) is 0 Å². The molecule has 6 heteroatoms. The highest BCUT2D eigenvalue weighted by Crippen LogP contribution is 2.27. The van der Waals surface area contributed by atoms with Crippen LogP contribution in [0, 0.1) is 0 Å². The molecule has 1 atom stereocenters. The molecule has 1 amide bonds. The van der Waals surface area contributed by atoms with Gasteiger partial charge in [-0.15, -0.1) is 5.10 Å². The molecule has 2 heterocycles. The first-order valence-corrected chi connectivity index (χ1v) is 7.15. The Morgan fingerprint density at radius 1 is 1.29 bits per heavy atom. The molecule has 1 aromatic heterocycles. The van der Waals surface area contributed by atoms with E-state index in [1.165, 1.54) is 4.68 Å². The second-order valence-electron chi connectivity index (χ2n) is 5.09. The molecular weight excluding hydrogens is 270 g/mol. The molecule has 6 nitrogen and oxygen atoms in total. The number of aromatic nitrogens is 2. The van der Waals surface area contributed by atoms with E-state index in [4.69, 9.17) is 4.42 Å². The van der Waals surface area contributed by atoms with Crippen LogP contribution in [0.1, 0.15) is 31.7 Å². The minimum Gasteiger partial charge on any atom is -0.392 e. The predicted octanol–water partition coefficient (Wildman–Crippen LogP) is 1.77. The third-order valence-corrected chi connectivity index (χ3v) is 3.62. The van der Waals surface area contributed by atoms with Gasteiger partial charge in [-0.25, -0.2) is 4.79 Å². The van der Waals surface area contributed by atoms with Gasteiger partial charge in [-0.2, -0.15) is 4.68 Å². The molecule has 110 valence electrons. The average molecular weight is 287 g/mol. The molecule has 0 spiro atoms. The number of aryl methyl sites for hydroxylation is 1. The maximum absolute atomic E-state index is 12.5. The number of anilines is 1. The van der Waals surface area contributed by atoms with E-state index in [9.17, 15) is 9.59 Å². The van der Waals surface area contributed by atoms with Crippen molar-refractivity contribution >= 4 is 11.6 Å². The summed E-state index contributed by atoms with van der Waals surface area (Å²) in [5.41, 5.74) is 0.843. The van der Waals surface area contributed by atoms with Crippen LogP contribution in [-0.4, -0.2) is 22.2 Å². The number of amides is 1. The summed E-state index contributed by atoms with van der Waals surface area (Å²) >= 11 is 0. The third-order valence-electron chi connectivity index (χ3n) is 3.62. The lowest BCUT2D eigenvalue weighted by Gasteiger charge is -2.16. The summed E-state index contributed by atoms with van der Waals surface area (Å²) in [4.78, 5) is 26.0. The highest BCUT2D eigenvalue weighted by atomic mass is 16.4. The Labute approximate surface area is 122 Å². The fraction of sp³-hybridized carbons (Fsp3) is 0.400. The van der Waals surface area contributed by atoms with Crippen LogP contribution >= 0.6 is 0 Å².